The predicted octanol–water partition coefficient (Wildman–Crippen LogP) is 2.26. The molecule has 8 heteroatoms. The lowest BCUT2D eigenvalue weighted by Crippen LogP contribution is -2.05. The summed E-state index contributed by atoms with van der Waals surface area (Å²) in [7, 11) is 1.31. The van der Waals surface area contributed by atoms with Crippen molar-refractivity contribution in [2.45, 2.75) is 6.54 Å². The quantitative estimate of drug-likeness (QED) is 0.511. The zero-order valence-electron chi connectivity index (χ0n) is 12.1. The van der Waals surface area contributed by atoms with Crippen molar-refractivity contribution in [3.63, 3.8) is 0 Å². The number of hydrogen-bond acceptors (Lipinski definition) is 7. The molecule has 23 heavy (non-hydrogen) atoms. The topological polar surface area (TPSA) is 118 Å². The van der Waals surface area contributed by atoms with E-state index in [0.29, 0.717) is 17.9 Å². The molecule has 0 saturated heterocycles. The van der Waals surface area contributed by atoms with Gasteiger partial charge in [0.1, 0.15) is 11.9 Å². The van der Waals surface area contributed by atoms with Gasteiger partial charge in [-0.25, -0.2) is 9.78 Å². The number of pyridine rings is 1. The van der Waals surface area contributed by atoms with Crippen molar-refractivity contribution in [3.05, 3.63) is 63.3 Å². The van der Waals surface area contributed by atoms with Gasteiger partial charge in [-0.2, -0.15) is 5.26 Å². The van der Waals surface area contributed by atoms with Gasteiger partial charge in [-0.1, -0.05) is 12.1 Å². The molecule has 0 spiro atoms. The van der Waals surface area contributed by atoms with Crippen molar-refractivity contribution in [2.24, 2.45) is 0 Å². The lowest BCUT2D eigenvalue weighted by atomic mass is 10.1. The number of nitriles is 1. The van der Waals surface area contributed by atoms with Gasteiger partial charge in [-0.05, 0) is 23.8 Å². The third kappa shape index (κ3) is 3.79. The van der Waals surface area contributed by atoms with E-state index in [1.807, 2.05) is 0 Å². The summed E-state index contributed by atoms with van der Waals surface area (Å²) in [6.45, 7) is 0.386. The van der Waals surface area contributed by atoms with Crippen LogP contribution in [0.15, 0.2) is 36.4 Å². The molecule has 8 nitrogen and oxygen atoms in total. The highest BCUT2D eigenvalue weighted by Gasteiger charge is 2.15. The second-order valence-corrected chi connectivity index (χ2v) is 4.48. The fourth-order valence-electron chi connectivity index (χ4n) is 1.85. The lowest BCUT2D eigenvalue weighted by molar-refractivity contribution is -0.385. The van der Waals surface area contributed by atoms with Gasteiger partial charge < -0.3 is 10.1 Å². The SMILES string of the molecule is COC(=O)c1ccc(CNc2ccc([N+](=O)[O-])c(C#N)n2)cc1. The van der Waals surface area contributed by atoms with Crippen LogP contribution in [-0.2, 0) is 11.3 Å². The van der Waals surface area contributed by atoms with E-state index in [1.165, 1.54) is 19.2 Å². The van der Waals surface area contributed by atoms with Gasteiger partial charge in [-0.15, -0.1) is 0 Å². The normalized spacial score (nSPS) is 9.74. The number of nitrogens with one attached hydrogen (secondary N) is 1. The number of ether oxygens (including phenoxy) is 1. The maximum atomic E-state index is 11.3. The maximum absolute atomic E-state index is 11.3. The molecule has 0 saturated carbocycles. The summed E-state index contributed by atoms with van der Waals surface area (Å²) < 4.78 is 4.61. The number of carbonyl (C=O) groups excluding carboxylic acids is 1. The molecule has 0 radical (unpaired) electrons. The molecule has 0 fully saturated rings. The Hall–Kier alpha value is -3.47. The average molecular weight is 312 g/mol. The number of hydrogen-bond donors (Lipinski definition) is 1. The number of anilines is 1. The van der Waals surface area contributed by atoms with Gasteiger partial charge in [-0.3, -0.25) is 10.1 Å². The largest absolute Gasteiger partial charge is 0.465 e. The first-order chi connectivity index (χ1) is 11.0. The van der Waals surface area contributed by atoms with E-state index >= 15 is 0 Å². The van der Waals surface area contributed by atoms with Gasteiger partial charge in [0, 0.05) is 12.6 Å². The third-order valence-electron chi connectivity index (χ3n) is 3.03. The number of esters is 1. The van der Waals surface area contributed by atoms with Crippen LogP contribution >= 0.6 is 0 Å². The first kappa shape index (κ1) is 15.9. The van der Waals surface area contributed by atoms with E-state index in [9.17, 15) is 14.9 Å². The fraction of sp³-hybridized carbons (Fsp3) is 0.133. The molecule has 1 aromatic carbocycles. The van der Waals surface area contributed by atoms with Crippen molar-refractivity contribution in [2.75, 3.05) is 12.4 Å². The van der Waals surface area contributed by atoms with E-state index < -0.39 is 10.9 Å². The van der Waals surface area contributed by atoms with Crippen LogP contribution < -0.4 is 5.32 Å². The van der Waals surface area contributed by atoms with E-state index in [4.69, 9.17) is 5.26 Å². The van der Waals surface area contributed by atoms with E-state index in [0.717, 1.165) is 5.56 Å². The summed E-state index contributed by atoms with van der Waals surface area (Å²) in [5, 5.41) is 22.6. The molecule has 1 heterocycles. The molecule has 0 bridgehead atoms. The Kier molecular flexibility index (Phi) is 4.84. The zero-order valence-corrected chi connectivity index (χ0v) is 12.1. The van der Waals surface area contributed by atoms with Gasteiger partial charge in [0.25, 0.3) is 0 Å². The van der Waals surface area contributed by atoms with Crippen LogP contribution in [0.4, 0.5) is 11.5 Å². The molecule has 2 aromatic rings. The number of nitro groups is 1. The molecule has 0 aliphatic carbocycles. The molecule has 0 amide bonds. The highest BCUT2D eigenvalue weighted by Crippen LogP contribution is 2.18. The van der Waals surface area contributed by atoms with Crippen molar-refractivity contribution in [1.82, 2.24) is 4.98 Å². The first-order valence-electron chi connectivity index (χ1n) is 6.52. The highest BCUT2D eigenvalue weighted by molar-refractivity contribution is 5.89. The summed E-state index contributed by atoms with van der Waals surface area (Å²) in [5.41, 5.74) is 0.731. The smallest absolute Gasteiger partial charge is 0.337 e. The summed E-state index contributed by atoms with van der Waals surface area (Å²) in [6.07, 6.45) is 0. The molecule has 0 aliphatic heterocycles. The predicted molar refractivity (Wildman–Crippen MR) is 80.7 cm³/mol. The van der Waals surface area contributed by atoms with E-state index in [2.05, 4.69) is 15.0 Å². The Labute approximate surface area is 131 Å². The number of methoxy groups -OCH3 is 1. The zero-order chi connectivity index (χ0) is 16.8. The highest BCUT2D eigenvalue weighted by atomic mass is 16.6. The molecule has 1 aromatic heterocycles. The van der Waals surface area contributed by atoms with Crippen LogP contribution in [0, 0.1) is 21.4 Å². The van der Waals surface area contributed by atoms with Crippen LogP contribution in [0.25, 0.3) is 0 Å². The van der Waals surface area contributed by atoms with Crippen molar-refractivity contribution in [1.29, 1.82) is 5.26 Å². The minimum absolute atomic E-state index is 0.249. The van der Waals surface area contributed by atoms with E-state index in [1.54, 1.807) is 30.3 Å². The minimum atomic E-state index is -0.652. The van der Waals surface area contributed by atoms with Crippen LogP contribution in [0.3, 0.4) is 0 Å². The second kappa shape index (κ2) is 7.00. The maximum Gasteiger partial charge on any atom is 0.337 e. The molecular weight excluding hydrogens is 300 g/mol. The number of aromatic nitrogens is 1. The molecular formula is C15H12N4O4. The van der Waals surface area contributed by atoms with Gasteiger partial charge >= 0.3 is 11.7 Å². The number of carbonyl (C=O) groups is 1. The Morgan fingerprint density at radius 2 is 2.04 bits per heavy atom. The van der Waals surface area contributed by atoms with Crippen LogP contribution in [0.2, 0.25) is 0 Å². The Bertz CT molecular complexity index is 781. The second-order valence-electron chi connectivity index (χ2n) is 4.48. The summed E-state index contributed by atoms with van der Waals surface area (Å²) in [5.74, 6) is -0.0654. The monoisotopic (exact) mass is 312 g/mol. The number of benzene rings is 1. The van der Waals surface area contributed by atoms with E-state index in [-0.39, 0.29) is 11.4 Å². The van der Waals surface area contributed by atoms with Gasteiger partial charge in [0.05, 0.1) is 17.6 Å². The molecule has 2 rings (SSSR count). The molecule has 0 unspecified atom stereocenters. The summed E-state index contributed by atoms with van der Waals surface area (Å²) >= 11 is 0. The van der Waals surface area contributed by atoms with Crippen LogP contribution in [-0.4, -0.2) is 23.0 Å². The van der Waals surface area contributed by atoms with Crippen molar-refractivity contribution in [3.8, 4) is 6.07 Å². The Balaban J connectivity index is 2.08. The van der Waals surface area contributed by atoms with Gasteiger partial charge in [0.2, 0.25) is 5.69 Å². The minimum Gasteiger partial charge on any atom is -0.465 e. The lowest BCUT2D eigenvalue weighted by Gasteiger charge is -2.07. The molecule has 0 atom stereocenters. The summed E-state index contributed by atoms with van der Waals surface area (Å²) in [4.78, 5) is 25.3. The van der Waals surface area contributed by atoms with Crippen LogP contribution in [0.1, 0.15) is 21.6 Å². The average Bonchev–Trinajstić information content (AvgIpc) is 2.59. The van der Waals surface area contributed by atoms with Crippen molar-refractivity contribution < 1.29 is 14.5 Å². The summed E-state index contributed by atoms with van der Waals surface area (Å²) in [6, 6.07) is 11.1. The van der Waals surface area contributed by atoms with Crippen molar-refractivity contribution >= 4 is 17.5 Å². The Morgan fingerprint density at radius 3 is 2.61 bits per heavy atom. The van der Waals surface area contributed by atoms with Crippen LogP contribution in [0.5, 0.6) is 0 Å². The molecule has 0 aliphatic rings. The fourth-order valence-corrected chi connectivity index (χ4v) is 1.85. The van der Waals surface area contributed by atoms with Gasteiger partial charge in [0.15, 0.2) is 0 Å². The number of nitrogens with zero attached hydrogens (tertiary/aromatic N) is 3. The number of rotatable bonds is 5. The molecule has 1 N–H and O–H groups in total. The standard InChI is InChI=1S/C15H12N4O4/c1-23-15(20)11-4-2-10(3-5-11)9-17-14-7-6-13(19(21)22)12(8-16)18-14/h2-7H,9H2,1H3,(H,17,18). The first-order valence-corrected chi connectivity index (χ1v) is 6.52. The molecule has 116 valence electrons. The Morgan fingerprint density at radius 1 is 1.35 bits per heavy atom. The third-order valence-corrected chi connectivity index (χ3v) is 3.03.